The summed E-state index contributed by atoms with van der Waals surface area (Å²) < 4.78 is 13.6. The lowest BCUT2D eigenvalue weighted by atomic mass is 9.95. The molecule has 0 saturated heterocycles. The Bertz CT molecular complexity index is 563. The van der Waals surface area contributed by atoms with Crippen LogP contribution < -0.4 is 10.5 Å². The van der Waals surface area contributed by atoms with E-state index >= 15 is 0 Å². The van der Waals surface area contributed by atoms with Gasteiger partial charge in [0.25, 0.3) is 0 Å². The Morgan fingerprint density at radius 1 is 1.18 bits per heavy atom. The predicted octanol–water partition coefficient (Wildman–Crippen LogP) is 2.72. The van der Waals surface area contributed by atoms with E-state index in [0.29, 0.717) is 5.82 Å². The van der Waals surface area contributed by atoms with Crippen LogP contribution in [-0.4, -0.2) is 15.9 Å². The maximum absolute atomic E-state index is 5.84. The van der Waals surface area contributed by atoms with Gasteiger partial charge in [-0.2, -0.15) is 8.75 Å². The van der Waals surface area contributed by atoms with E-state index in [2.05, 4.69) is 15.7 Å². The van der Waals surface area contributed by atoms with Crippen LogP contribution in [0.15, 0.2) is 6.07 Å². The Labute approximate surface area is 105 Å². The molecule has 0 saturated carbocycles. The molecule has 5 heteroatoms. The zero-order chi connectivity index (χ0) is 12.6. The van der Waals surface area contributed by atoms with E-state index in [0.717, 1.165) is 45.4 Å². The molecule has 0 unspecified atom stereocenters. The highest BCUT2D eigenvalue weighted by molar-refractivity contribution is 6.99. The quantitative estimate of drug-likeness (QED) is 0.889. The third-order valence-electron chi connectivity index (χ3n) is 3.02. The number of anilines is 1. The smallest absolute Gasteiger partial charge is 0.165 e. The molecule has 1 aromatic carbocycles. The number of hydrogen-bond donors (Lipinski definition) is 1. The number of aromatic nitrogens is 2. The van der Waals surface area contributed by atoms with Gasteiger partial charge in [-0.25, -0.2) is 0 Å². The number of nitrogens with zero attached hydrogens (tertiary/aromatic N) is 2. The first kappa shape index (κ1) is 11.9. The van der Waals surface area contributed by atoms with Gasteiger partial charge in [-0.3, -0.25) is 0 Å². The summed E-state index contributed by atoms with van der Waals surface area (Å²) in [6.07, 6.45) is 0. The minimum atomic E-state index is 0.491. The molecule has 0 bridgehead atoms. The number of benzene rings is 1. The van der Waals surface area contributed by atoms with E-state index in [1.807, 2.05) is 19.9 Å². The van der Waals surface area contributed by atoms with Crippen molar-refractivity contribution in [1.82, 2.24) is 8.75 Å². The highest BCUT2D eigenvalue weighted by Crippen LogP contribution is 2.35. The number of nitrogens with two attached hydrogens (primary N) is 1. The van der Waals surface area contributed by atoms with Gasteiger partial charge >= 0.3 is 0 Å². The van der Waals surface area contributed by atoms with Crippen LogP contribution in [0.25, 0.3) is 11.3 Å². The van der Waals surface area contributed by atoms with Crippen molar-refractivity contribution in [2.24, 2.45) is 0 Å². The van der Waals surface area contributed by atoms with Crippen molar-refractivity contribution in [1.29, 1.82) is 0 Å². The molecule has 0 aliphatic carbocycles. The normalized spacial score (nSPS) is 10.6. The van der Waals surface area contributed by atoms with E-state index in [-0.39, 0.29) is 0 Å². The van der Waals surface area contributed by atoms with E-state index in [4.69, 9.17) is 10.5 Å². The molecule has 2 rings (SSSR count). The second-order valence-electron chi connectivity index (χ2n) is 4.02. The molecule has 90 valence electrons. The topological polar surface area (TPSA) is 61.0 Å². The lowest BCUT2D eigenvalue weighted by Crippen LogP contribution is -1.98. The van der Waals surface area contributed by atoms with Crippen LogP contribution in [0, 0.1) is 20.8 Å². The van der Waals surface area contributed by atoms with Crippen LogP contribution in [0.1, 0.15) is 16.7 Å². The Balaban J connectivity index is 2.72. The second-order valence-corrected chi connectivity index (χ2v) is 4.55. The number of ether oxygens (including phenoxy) is 1. The van der Waals surface area contributed by atoms with Gasteiger partial charge in [0, 0.05) is 5.56 Å². The molecular weight excluding hydrogens is 234 g/mol. The van der Waals surface area contributed by atoms with E-state index < -0.39 is 0 Å². The maximum Gasteiger partial charge on any atom is 0.165 e. The summed E-state index contributed by atoms with van der Waals surface area (Å²) in [7, 11) is 1.68. The van der Waals surface area contributed by atoms with Gasteiger partial charge in [-0.05, 0) is 43.5 Å². The fraction of sp³-hybridized carbons (Fsp3) is 0.333. The van der Waals surface area contributed by atoms with Crippen molar-refractivity contribution in [3.8, 4) is 17.0 Å². The van der Waals surface area contributed by atoms with Crippen LogP contribution in [0.3, 0.4) is 0 Å². The summed E-state index contributed by atoms with van der Waals surface area (Å²) in [4.78, 5) is 0. The van der Waals surface area contributed by atoms with Crippen LogP contribution in [-0.2, 0) is 0 Å². The van der Waals surface area contributed by atoms with Crippen molar-refractivity contribution in [2.75, 3.05) is 12.8 Å². The van der Waals surface area contributed by atoms with Gasteiger partial charge < -0.3 is 10.5 Å². The number of nitrogen functional groups attached to an aromatic ring is 1. The average molecular weight is 249 g/mol. The van der Waals surface area contributed by atoms with Gasteiger partial charge in [-0.15, -0.1) is 0 Å². The molecule has 1 heterocycles. The second kappa shape index (κ2) is 4.33. The Hall–Kier alpha value is -1.62. The van der Waals surface area contributed by atoms with Crippen molar-refractivity contribution < 1.29 is 4.74 Å². The first-order valence-electron chi connectivity index (χ1n) is 5.29. The van der Waals surface area contributed by atoms with Gasteiger partial charge in [0.05, 0.1) is 18.8 Å². The SMILES string of the molecule is COc1cc(C)c(-c2nsnc2N)c(C)c1C. The summed E-state index contributed by atoms with van der Waals surface area (Å²) in [6.45, 7) is 6.12. The van der Waals surface area contributed by atoms with Gasteiger partial charge in [0.2, 0.25) is 0 Å². The first-order valence-corrected chi connectivity index (χ1v) is 6.02. The highest BCUT2D eigenvalue weighted by atomic mass is 32.1. The van der Waals surface area contributed by atoms with E-state index in [1.165, 1.54) is 0 Å². The standard InChI is InChI=1S/C12H15N3OS/c1-6-5-9(16-4)7(2)8(3)10(6)11-12(13)15-17-14-11/h5H,1-4H3,(H2,13,15). The summed E-state index contributed by atoms with van der Waals surface area (Å²) in [5.41, 5.74) is 11.0. The maximum atomic E-state index is 5.84. The van der Waals surface area contributed by atoms with E-state index in [9.17, 15) is 0 Å². The van der Waals surface area contributed by atoms with Crippen LogP contribution in [0.2, 0.25) is 0 Å². The van der Waals surface area contributed by atoms with Gasteiger partial charge in [0.1, 0.15) is 11.4 Å². The molecular formula is C12H15N3OS. The molecule has 4 nitrogen and oxygen atoms in total. The summed E-state index contributed by atoms with van der Waals surface area (Å²) in [6, 6.07) is 2.01. The van der Waals surface area contributed by atoms with Crippen LogP contribution in [0.4, 0.5) is 5.82 Å². The third kappa shape index (κ3) is 1.86. The van der Waals surface area contributed by atoms with Crippen molar-refractivity contribution >= 4 is 17.5 Å². The minimum Gasteiger partial charge on any atom is -0.496 e. The number of methoxy groups -OCH3 is 1. The number of aryl methyl sites for hydroxylation is 1. The van der Waals surface area contributed by atoms with Gasteiger partial charge in [0.15, 0.2) is 5.82 Å². The molecule has 1 aromatic heterocycles. The summed E-state index contributed by atoms with van der Waals surface area (Å²) in [5, 5.41) is 0. The molecule has 0 aliphatic heterocycles. The molecule has 0 aliphatic rings. The fourth-order valence-electron chi connectivity index (χ4n) is 1.99. The molecule has 0 amide bonds. The highest BCUT2D eigenvalue weighted by Gasteiger charge is 2.16. The largest absolute Gasteiger partial charge is 0.496 e. The zero-order valence-corrected chi connectivity index (χ0v) is 11.2. The van der Waals surface area contributed by atoms with Crippen molar-refractivity contribution in [2.45, 2.75) is 20.8 Å². The van der Waals surface area contributed by atoms with E-state index in [1.54, 1.807) is 7.11 Å². The zero-order valence-electron chi connectivity index (χ0n) is 10.4. The van der Waals surface area contributed by atoms with Crippen LogP contribution >= 0.6 is 11.7 Å². The van der Waals surface area contributed by atoms with Gasteiger partial charge in [-0.1, -0.05) is 0 Å². The van der Waals surface area contributed by atoms with Crippen LogP contribution in [0.5, 0.6) is 5.75 Å². The minimum absolute atomic E-state index is 0.491. The molecule has 0 radical (unpaired) electrons. The molecule has 2 N–H and O–H groups in total. The number of hydrogen-bond acceptors (Lipinski definition) is 5. The van der Waals surface area contributed by atoms with Crippen molar-refractivity contribution in [3.63, 3.8) is 0 Å². The lowest BCUT2D eigenvalue weighted by Gasteiger charge is -2.14. The Morgan fingerprint density at radius 2 is 1.88 bits per heavy atom. The Morgan fingerprint density at radius 3 is 2.41 bits per heavy atom. The third-order valence-corrected chi connectivity index (χ3v) is 3.56. The molecule has 2 aromatic rings. The first-order chi connectivity index (χ1) is 8.06. The summed E-state index contributed by atoms with van der Waals surface area (Å²) in [5.74, 6) is 1.39. The lowest BCUT2D eigenvalue weighted by molar-refractivity contribution is 0.411. The average Bonchev–Trinajstić information content (AvgIpc) is 2.70. The predicted molar refractivity (Wildman–Crippen MR) is 70.5 cm³/mol. The monoisotopic (exact) mass is 249 g/mol. The molecule has 17 heavy (non-hydrogen) atoms. The molecule has 0 atom stereocenters. The van der Waals surface area contributed by atoms with Crippen molar-refractivity contribution in [3.05, 3.63) is 22.8 Å². The Kier molecular flexibility index (Phi) is 3.02. The molecule has 0 fully saturated rings. The summed E-state index contributed by atoms with van der Waals surface area (Å²) >= 11 is 1.14. The number of rotatable bonds is 2. The fourth-order valence-corrected chi connectivity index (χ4v) is 2.47. The molecule has 0 spiro atoms.